The van der Waals surface area contributed by atoms with Gasteiger partial charge in [0, 0.05) is 37.3 Å². The van der Waals surface area contributed by atoms with Gasteiger partial charge in [0.05, 0.1) is 4.90 Å². The lowest BCUT2D eigenvalue weighted by molar-refractivity contribution is 0.0950. The van der Waals surface area contributed by atoms with Gasteiger partial charge >= 0.3 is 0 Å². The van der Waals surface area contributed by atoms with Gasteiger partial charge in [-0.15, -0.1) is 0 Å². The first kappa shape index (κ1) is 24.4. The van der Waals surface area contributed by atoms with Gasteiger partial charge < -0.3 is 5.32 Å². The van der Waals surface area contributed by atoms with Gasteiger partial charge in [0.25, 0.3) is 5.91 Å². The zero-order chi connectivity index (χ0) is 23.3. The highest BCUT2D eigenvalue weighted by atomic mass is 32.2. The van der Waals surface area contributed by atoms with Crippen LogP contribution in [0.15, 0.2) is 53.4 Å². The van der Waals surface area contributed by atoms with Crippen LogP contribution in [-0.2, 0) is 23.1 Å². The second-order valence-corrected chi connectivity index (χ2v) is 10.8. The molecule has 174 valence electrons. The summed E-state index contributed by atoms with van der Waals surface area (Å²) in [6.45, 7) is 8.05. The van der Waals surface area contributed by atoms with E-state index in [1.807, 2.05) is 25.1 Å². The van der Waals surface area contributed by atoms with E-state index in [1.54, 1.807) is 16.4 Å². The fourth-order valence-electron chi connectivity index (χ4n) is 3.96. The van der Waals surface area contributed by atoms with Crippen molar-refractivity contribution in [2.75, 3.05) is 13.6 Å². The molecule has 0 spiro atoms. The largest absolute Gasteiger partial charge is 0.348 e. The quantitative estimate of drug-likeness (QED) is 0.650. The molecule has 0 bridgehead atoms. The van der Waals surface area contributed by atoms with Gasteiger partial charge in [0.2, 0.25) is 10.0 Å². The van der Waals surface area contributed by atoms with Crippen LogP contribution in [-0.4, -0.2) is 49.2 Å². The van der Waals surface area contributed by atoms with E-state index in [9.17, 15) is 13.2 Å². The Bertz CT molecular complexity index is 1020. The van der Waals surface area contributed by atoms with Crippen LogP contribution >= 0.6 is 0 Å². The maximum Gasteiger partial charge on any atom is 0.251 e. The molecule has 1 amide bonds. The van der Waals surface area contributed by atoms with Crippen molar-refractivity contribution in [3.05, 3.63) is 65.2 Å². The van der Waals surface area contributed by atoms with Crippen LogP contribution < -0.4 is 5.32 Å². The molecule has 1 N–H and O–H groups in total. The summed E-state index contributed by atoms with van der Waals surface area (Å²) in [6.07, 6.45) is 2.83. The monoisotopic (exact) mass is 457 g/mol. The van der Waals surface area contributed by atoms with Crippen molar-refractivity contribution in [1.29, 1.82) is 0 Å². The first-order chi connectivity index (χ1) is 15.2. The van der Waals surface area contributed by atoms with Crippen molar-refractivity contribution in [3.8, 4) is 0 Å². The normalized spacial score (nSPS) is 17.6. The Hall–Kier alpha value is -2.22. The second kappa shape index (κ2) is 10.6. The van der Waals surface area contributed by atoms with Gasteiger partial charge in [0.15, 0.2) is 0 Å². The SMILES string of the molecule is CC(C)N(C)Cc1ccccc1CNC(=O)c1ccc(S(=O)(=O)N2CCCCC2C)cc1. The van der Waals surface area contributed by atoms with Crippen LogP contribution in [0.4, 0.5) is 0 Å². The number of hydrogen-bond acceptors (Lipinski definition) is 4. The number of amides is 1. The number of rotatable bonds is 8. The molecule has 3 rings (SSSR count). The summed E-state index contributed by atoms with van der Waals surface area (Å²) < 4.78 is 27.5. The van der Waals surface area contributed by atoms with Crippen molar-refractivity contribution in [2.45, 2.75) is 70.1 Å². The van der Waals surface area contributed by atoms with Gasteiger partial charge in [-0.05, 0) is 76.1 Å². The van der Waals surface area contributed by atoms with Gasteiger partial charge in [-0.3, -0.25) is 9.69 Å². The summed E-state index contributed by atoms with van der Waals surface area (Å²) >= 11 is 0. The molecule has 1 atom stereocenters. The number of nitrogens with zero attached hydrogens (tertiary/aromatic N) is 2. The molecule has 1 aliphatic rings. The van der Waals surface area contributed by atoms with E-state index in [1.165, 1.54) is 17.7 Å². The average Bonchev–Trinajstić information content (AvgIpc) is 2.78. The van der Waals surface area contributed by atoms with Gasteiger partial charge in [-0.25, -0.2) is 8.42 Å². The number of carbonyl (C=O) groups is 1. The molecule has 1 aliphatic heterocycles. The van der Waals surface area contributed by atoms with E-state index in [4.69, 9.17) is 0 Å². The van der Waals surface area contributed by atoms with E-state index in [2.05, 4.69) is 37.2 Å². The first-order valence-electron chi connectivity index (χ1n) is 11.4. The van der Waals surface area contributed by atoms with Crippen LogP contribution in [0.25, 0.3) is 0 Å². The zero-order valence-corrected chi connectivity index (χ0v) is 20.4. The molecule has 0 saturated carbocycles. The molecule has 32 heavy (non-hydrogen) atoms. The molecule has 1 fully saturated rings. The lowest BCUT2D eigenvalue weighted by Crippen LogP contribution is -2.41. The van der Waals surface area contributed by atoms with Crippen molar-refractivity contribution < 1.29 is 13.2 Å². The molecule has 2 aromatic rings. The molecule has 1 saturated heterocycles. The third-order valence-electron chi connectivity index (χ3n) is 6.32. The number of nitrogens with one attached hydrogen (secondary N) is 1. The van der Waals surface area contributed by atoms with Crippen LogP contribution in [0.5, 0.6) is 0 Å². The van der Waals surface area contributed by atoms with Crippen molar-refractivity contribution in [2.24, 2.45) is 0 Å². The van der Waals surface area contributed by atoms with Gasteiger partial charge in [0.1, 0.15) is 0 Å². The number of carbonyl (C=O) groups excluding carboxylic acids is 1. The average molecular weight is 458 g/mol. The molecule has 7 heteroatoms. The standard InChI is InChI=1S/C25H35N3O3S/c1-19(2)27(4)18-23-11-6-5-10-22(23)17-26-25(29)21-12-14-24(15-13-21)32(30,31)28-16-8-7-9-20(28)3/h5-6,10-15,19-20H,7-9,16-18H2,1-4H3,(H,26,29). The highest BCUT2D eigenvalue weighted by molar-refractivity contribution is 7.89. The molecular weight excluding hydrogens is 422 g/mol. The topological polar surface area (TPSA) is 69.7 Å². The predicted molar refractivity (Wildman–Crippen MR) is 128 cm³/mol. The molecular formula is C25H35N3O3S. The van der Waals surface area contributed by atoms with E-state index in [-0.39, 0.29) is 16.8 Å². The van der Waals surface area contributed by atoms with Crippen LogP contribution in [0.1, 0.15) is 61.5 Å². The second-order valence-electron chi connectivity index (χ2n) is 8.95. The third kappa shape index (κ3) is 5.77. The van der Waals surface area contributed by atoms with E-state index >= 15 is 0 Å². The maximum atomic E-state index is 13.0. The molecule has 0 radical (unpaired) electrons. The van der Waals surface area contributed by atoms with Gasteiger partial charge in [-0.2, -0.15) is 4.31 Å². The molecule has 6 nitrogen and oxygen atoms in total. The fraction of sp³-hybridized carbons (Fsp3) is 0.480. The molecule has 0 aliphatic carbocycles. The Morgan fingerprint density at radius 3 is 2.38 bits per heavy atom. The number of piperidine rings is 1. The summed E-state index contributed by atoms with van der Waals surface area (Å²) in [6, 6.07) is 14.8. The Labute approximate surface area is 192 Å². The predicted octanol–water partition coefficient (Wildman–Crippen LogP) is 4.02. The minimum Gasteiger partial charge on any atom is -0.348 e. The highest BCUT2D eigenvalue weighted by Crippen LogP contribution is 2.25. The van der Waals surface area contributed by atoms with E-state index < -0.39 is 10.0 Å². The Balaban J connectivity index is 1.66. The Morgan fingerprint density at radius 2 is 1.75 bits per heavy atom. The third-order valence-corrected chi connectivity index (χ3v) is 8.35. The number of benzene rings is 2. The Kier molecular flexibility index (Phi) is 8.09. The first-order valence-corrected chi connectivity index (χ1v) is 12.8. The summed E-state index contributed by atoms with van der Waals surface area (Å²) in [5.74, 6) is -0.215. The maximum absolute atomic E-state index is 13.0. The summed E-state index contributed by atoms with van der Waals surface area (Å²) in [5.41, 5.74) is 2.71. The van der Waals surface area contributed by atoms with Gasteiger partial charge in [-0.1, -0.05) is 30.7 Å². The molecule has 2 aromatic carbocycles. The van der Waals surface area contributed by atoms with Crippen molar-refractivity contribution in [3.63, 3.8) is 0 Å². The lowest BCUT2D eigenvalue weighted by atomic mass is 10.1. The number of sulfonamides is 1. The highest BCUT2D eigenvalue weighted by Gasteiger charge is 2.30. The fourth-order valence-corrected chi connectivity index (χ4v) is 5.66. The minimum absolute atomic E-state index is 0.00605. The van der Waals surface area contributed by atoms with Crippen molar-refractivity contribution >= 4 is 15.9 Å². The number of hydrogen-bond donors (Lipinski definition) is 1. The summed E-state index contributed by atoms with van der Waals surface area (Å²) in [4.78, 5) is 15.2. The smallest absolute Gasteiger partial charge is 0.251 e. The van der Waals surface area contributed by atoms with Crippen LogP contribution in [0.2, 0.25) is 0 Å². The van der Waals surface area contributed by atoms with E-state index in [0.717, 1.165) is 31.4 Å². The molecule has 1 heterocycles. The zero-order valence-electron chi connectivity index (χ0n) is 19.5. The van der Waals surface area contributed by atoms with Crippen LogP contribution in [0, 0.1) is 0 Å². The summed E-state index contributed by atoms with van der Waals surface area (Å²) in [5, 5.41) is 2.97. The lowest BCUT2D eigenvalue weighted by Gasteiger charge is -2.32. The Morgan fingerprint density at radius 1 is 1.09 bits per heavy atom. The minimum atomic E-state index is -3.54. The summed E-state index contributed by atoms with van der Waals surface area (Å²) in [7, 11) is -1.45. The van der Waals surface area contributed by atoms with Crippen molar-refractivity contribution in [1.82, 2.24) is 14.5 Å². The van der Waals surface area contributed by atoms with E-state index in [0.29, 0.717) is 24.7 Å². The van der Waals surface area contributed by atoms with Crippen LogP contribution in [0.3, 0.4) is 0 Å². The molecule has 0 aromatic heterocycles. The molecule has 1 unspecified atom stereocenters.